The normalized spacial score (nSPS) is 17.8. The van der Waals surface area contributed by atoms with Gasteiger partial charge in [0.05, 0.1) is 51.9 Å². The molecule has 2 unspecified atom stereocenters. The number of nitrogens with zero attached hydrogens (tertiary/aromatic N) is 8. The molecule has 0 bridgehead atoms. The highest BCUT2D eigenvalue weighted by atomic mass is 19.1. The average molecular weight is 1850 g/mol. The lowest BCUT2D eigenvalue weighted by Gasteiger charge is -2.36. The molecule has 8 aromatic carbocycles. The van der Waals surface area contributed by atoms with Crippen LogP contribution in [0, 0.1) is 29.2 Å². The number of aromatic amines is 2. The number of amides is 11. The van der Waals surface area contributed by atoms with Gasteiger partial charge in [-0.3, -0.25) is 98.0 Å². The Morgan fingerprint density at radius 3 is 1.41 bits per heavy atom. The van der Waals surface area contributed by atoms with Crippen molar-refractivity contribution in [3.8, 4) is 0 Å². The van der Waals surface area contributed by atoms with Gasteiger partial charge in [0.15, 0.2) is 11.6 Å². The third kappa shape index (κ3) is 23.0. The SMILES string of the molecule is NCCCNc1ccc2c(c1)C(=O)N(C1CCC(=O)NC1=O)C2=O.O=C(CN1CCN(c2ccc(C(=O)Nc3n[nH]c4ccc(Cc5cc(F)cc(F)c5)cc34)c(NC3CCOCC3)c2)CC1)NCCCNc1ccc2c(c1)C(=O)N(C1CCC(=O)NC1=O)C2=O.O=C(O)CN1CCN(c2ccc(C(=O)Nc3n[nH]c4ccc(Cc5cc(F)cc(F)c5)cc34)c(CC3CCOCC3)c2)CC1. The van der Waals surface area contributed by atoms with Crippen LogP contribution in [-0.2, 0) is 57.5 Å². The molecule has 13 N–H and O–H groups in total. The molecule has 8 aliphatic rings. The lowest BCUT2D eigenvalue weighted by atomic mass is 9.89. The van der Waals surface area contributed by atoms with Gasteiger partial charge in [0.25, 0.3) is 35.4 Å². The van der Waals surface area contributed by atoms with Crippen LogP contribution in [0.1, 0.15) is 154 Å². The van der Waals surface area contributed by atoms with E-state index >= 15 is 0 Å². The maximum atomic E-state index is 14.0. The summed E-state index contributed by atoms with van der Waals surface area (Å²) in [4.78, 5) is 161. The first-order valence-corrected chi connectivity index (χ1v) is 45.3. The minimum Gasteiger partial charge on any atom is -0.480 e. The van der Waals surface area contributed by atoms with Crippen molar-refractivity contribution in [2.75, 3.05) is 154 Å². The summed E-state index contributed by atoms with van der Waals surface area (Å²) < 4.78 is 66.4. The number of carboxylic acids is 1. The van der Waals surface area contributed by atoms with Crippen molar-refractivity contribution in [3.05, 3.63) is 230 Å². The van der Waals surface area contributed by atoms with Gasteiger partial charge in [0.1, 0.15) is 35.4 Å². The summed E-state index contributed by atoms with van der Waals surface area (Å²) in [7, 11) is 0. The van der Waals surface area contributed by atoms with E-state index in [0.717, 1.165) is 94.0 Å². The van der Waals surface area contributed by atoms with E-state index in [4.69, 9.17) is 20.3 Å². The fourth-order valence-electron chi connectivity index (χ4n) is 18.1. The number of fused-ring (bicyclic) bond motifs is 4. The minimum absolute atomic E-state index is 0.0364. The van der Waals surface area contributed by atoms with E-state index < -0.39 is 82.7 Å². The van der Waals surface area contributed by atoms with E-state index in [2.05, 4.69) is 83.7 Å². The molecule has 0 saturated carbocycles. The average Bonchev–Trinajstić information content (AvgIpc) is 1.61. The standard InChI is InChI=1S/C48H50F2N10O7.C33H35F2N5O4.C16H18N4O4/c49-30-21-29(22-31(50)24-30)20-28-2-7-39-38(23-28)44(57-56-39)55-45(63)36-6-4-34(26-40(36)53-32-10-18-67-19-11-32)59-16-14-58(15-17-59)27-43(62)52-13-1-12-51-33-3-5-35-37(25-33)48(66)60(47(35)65)41-8-9-42(61)54-46(41)64;34-25-15-23(16-26(35)19-25)13-22-1-4-30-29(17-22)32(38-37-30)36-33(43)28-3-2-27(18-24(28)14-21-5-11-44-12-6-21)40-9-7-39(8-10-40)20-31(41)42;17-6-1-7-18-9-2-3-10-11(8-9)16(24)20(15(10)23)12-4-5-13(21)19-14(12)22/h2-7,21-26,32,41,51,53H,1,8-20,27H2,(H,52,62)(H,54,61,64)(H2,55,56,57,63);1-4,15-19,21H,5-14,20H2,(H,41,42)(H2,36,37,38,43);2-3,8,12,18H,1,4-7,17H2,(H,19,21,22). The van der Waals surface area contributed by atoms with Crippen molar-refractivity contribution < 1.29 is 89.7 Å². The number of nitrogens with one attached hydrogen (secondary N) is 10. The quantitative estimate of drug-likeness (QED) is 0.0118. The smallest absolute Gasteiger partial charge is 0.317 e. The highest BCUT2D eigenvalue weighted by molar-refractivity contribution is 6.25. The van der Waals surface area contributed by atoms with Crippen LogP contribution in [0.2, 0.25) is 0 Å². The fourth-order valence-corrected chi connectivity index (χ4v) is 18.1. The third-order valence-corrected chi connectivity index (χ3v) is 25.2. The Morgan fingerprint density at radius 1 is 0.467 bits per heavy atom. The van der Waals surface area contributed by atoms with Crippen molar-refractivity contribution in [3.63, 3.8) is 0 Å². The van der Waals surface area contributed by atoms with Crippen molar-refractivity contribution in [2.45, 2.75) is 102 Å². The van der Waals surface area contributed by atoms with Crippen LogP contribution < -0.4 is 58.1 Å². The van der Waals surface area contributed by atoms with Gasteiger partial charge in [-0.15, -0.1) is 0 Å². The van der Waals surface area contributed by atoms with Crippen LogP contribution in [0.15, 0.2) is 146 Å². The van der Waals surface area contributed by atoms with Gasteiger partial charge < -0.3 is 62.0 Å². The summed E-state index contributed by atoms with van der Waals surface area (Å²) in [6.45, 7) is 10.5. The number of halogens is 4. The van der Waals surface area contributed by atoms with Crippen LogP contribution in [-0.4, -0.2) is 252 Å². The first-order chi connectivity index (χ1) is 65.3. The molecule has 38 heteroatoms. The van der Waals surface area contributed by atoms with E-state index in [1.165, 1.54) is 24.3 Å². The predicted octanol–water partition coefficient (Wildman–Crippen LogP) is 9.13. The van der Waals surface area contributed by atoms with Gasteiger partial charge in [-0.05, 0) is 232 Å². The van der Waals surface area contributed by atoms with Crippen LogP contribution >= 0.6 is 0 Å². The number of hydrogen-bond donors (Lipinski definition) is 12. The summed E-state index contributed by atoms with van der Waals surface area (Å²) in [6, 6.07) is 37.5. The molecular weight excluding hydrogens is 1750 g/mol. The molecule has 34 nitrogen and oxygen atoms in total. The molecule has 0 radical (unpaired) electrons. The number of anilines is 7. The molecule has 6 fully saturated rings. The molecule has 10 aromatic rings. The maximum absolute atomic E-state index is 14.0. The van der Waals surface area contributed by atoms with Crippen molar-refractivity contribution >= 4 is 133 Å². The number of aliphatic carboxylic acids is 1. The molecule has 0 spiro atoms. The van der Waals surface area contributed by atoms with E-state index in [1.54, 1.807) is 36.4 Å². The molecule has 8 aliphatic heterocycles. The Balaban J connectivity index is 0.000000165. The Kier molecular flexibility index (Phi) is 29.7. The van der Waals surface area contributed by atoms with Crippen LogP contribution in [0.4, 0.5) is 57.6 Å². The third-order valence-electron chi connectivity index (χ3n) is 25.2. The Labute approximate surface area is 772 Å². The summed E-state index contributed by atoms with van der Waals surface area (Å²) in [6.07, 6.45) is 6.58. The second-order valence-electron chi connectivity index (χ2n) is 34.6. The van der Waals surface area contributed by atoms with Gasteiger partial charge in [0.2, 0.25) is 29.5 Å². The lowest BCUT2D eigenvalue weighted by Crippen LogP contribution is -2.54. The molecule has 2 atom stereocenters. The molecule has 6 saturated heterocycles. The number of H-pyrrole nitrogens is 2. The number of aromatic nitrogens is 4. The number of piperidine rings is 2. The van der Waals surface area contributed by atoms with Crippen molar-refractivity contribution in [1.29, 1.82) is 0 Å². The Hall–Kier alpha value is -14.3. The number of carboxylic acid groups (broad SMARTS) is 1. The van der Waals surface area contributed by atoms with Crippen molar-refractivity contribution in [2.24, 2.45) is 11.7 Å². The summed E-state index contributed by atoms with van der Waals surface area (Å²) in [5, 5.41) is 48.4. The second kappa shape index (κ2) is 42.7. The first kappa shape index (κ1) is 93.9. The largest absolute Gasteiger partial charge is 0.480 e. The van der Waals surface area contributed by atoms with E-state index in [0.29, 0.717) is 197 Å². The van der Waals surface area contributed by atoms with Crippen LogP contribution in [0.25, 0.3) is 21.8 Å². The number of carbonyl (C=O) groups is 12. The minimum atomic E-state index is -1.03. The van der Waals surface area contributed by atoms with E-state index in [9.17, 15) is 75.1 Å². The molecular formula is C97H103F4N19O15. The molecule has 18 rings (SSSR count). The molecule has 2 aromatic heterocycles. The maximum Gasteiger partial charge on any atom is 0.317 e. The number of carbonyl (C=O) groups excluding carboxylic acids is 11. The molecule has 10 heterocycles. The van der Waals surface area contributed by atoms with Crippen molar-refractivity contribution in [1.82, 2.24) is 55.9 Å². The fraction of sp³-hybridized carbons (Fsp3) is 0.361. The number of ether oxygens (including phenoxy) is 2. The molecule has 135 heavy (non-hydrogen) atoms. The van der Waals surface area contributed by atoms with E-state index in [1.807, 2.05) is 71.6 Å². The van der Waals surface area contributed by atoms with Gasteiger partial charge in [0, 0.05) is 174 Å². The van der Waals surface area contributed by atoms with Crippen LogP contribution in [0.3, 0.4) is 0 Å². The summed E-state index contributed by atoms with van der Waals surface area (Å²) >= 11 is 0. The zero-order chi connectivity index (χ0) is 94.5. The number of benzene rings is 8. The number of imide groups is 4. The number of nitrogens with two attached hydrogens (primary N) is 1. The molecule has 11 amide bonds. The summed E-state index contributed by atoms with van der Waals surface area (Å²) in [5.74, 6) is -7.19. The van der Waals surface area contributed by atoms with Gasteiger partial charge in [-0.2, -0.15) is 10.2 Å². The number of piperazine rings is 2. The lowest BCUT2D eigenvalue weighted by molar-refractivity contribution is -0.139. The van der Waals surface area contributed by atoms with E-state index in [-0.39, 0.29) is 90.7 Å². The predicted molar refractivity (Wildman–Crippen MR) is 493 cm³/mol. The monoisotopic (exact) mass is 1850 g/mol. The topological polar surface area (TPSA) is 443 Å². The Bertz CT molecular complexity index is 6180. The second-order valence-corrected chi connectivity index (χ2v) is 34.6. The molecule has 0 aliphatic carbocycles. The molecule has 704 valence electrons. The zero-order valence-corrected chi connectivity index (χ0v) is 73.9. The summed E-state index contributed by atoms with van der Waals surface area (Å²) in [5.41, 5.74) is 16.4. The van der Waals surface area contributed by atoms with Gasteiger partial charge >= 0.3 is 5.97 Å². The number of rotatable bonds is 29. The van der Waals surface area contributed by atoms with Gasteiger partial charge in [-0.1, -0.05) is 12.1 Å². The Morgan fingerprint density at radius 2 is 0.926 bits per heavy atom. The number of hydrogen-bond acceptors (Lipinski definition) is 24. The zero-order valence-electron chi connectivity index (χ0n) is 73.9. The van der Waals surface area contributed by atoms with Gasteiger partial charge in [-0.25, -0.2) is 17.6 Å². The highest BCUT2D eigenvalue weighted by Crippen LogP contribution is 2.36. The van der Waals surface area contributed by atoms with Crippen LogP contribution in [0.5, 0.6) is 0 Å². The first-order valence-electron chi connectivity index (χ1n) is 45.3. The highest BCUT2D eigenvalue weighted by Gasteiger charge is 2.47.